The lowest BCUT2D eigenvalue weighted by atomic mass is 10.2. The molecule has 0 aromatic carbocycles. The van der Waals surface area contributed by atoms with E-state index in [9.17, 15) is 0 Å². The van der Waals surface area contributed by atoms with Gasteiger partial charge in [-0.05, 0) is 0 Å². The second-order valence-corrected chi connectivity index (χ2v) is 2.37. The molecule has 0 amide bonds. The fourth-order valence-corrected chi connectivity index (χ4v) is 0.778. The molecule has 0 saturated heterocycles. The van der Waals surface area contributed by atoms with Gasteiger partial charge in [0.15, 0.2) is 7.85 Å². The zero-order valence-electron chi connectivity index (χ0n) is 3.88. The first-order valence-corrected chi connectivity index (χ1v) is 2.66. The molecule has 0 aliphatic carbocycles. The largest absolute Gasteiger partial charge is 0.374 e. The predicted octanol–water partition coefficient (Wildman–Crippen LogP) is -1.62. The second-order valence-electron chi connectivity index (χ2n) is 1.16. The number of anilines is 1. The van der Waals surface area contributed by atoms with Crippen LogP contribution in [0.1, 0.15) is 0 Å². The van der Waals surface area contributed by atoms with Crippen molar-refractivity contribution in [1.82, 2.24) is 10.2 Å². The summed E-state index contributed by atoms with van der Waals surface area (Å²) in [6.45, 7) is 0. The molecule has 3 nitrogen and oxygen atoms in total. The normalized spacial score (nSPS) is 9.14. The summed E-state index contributed by atoms with van der Waals surface area (Å²) in [7, 11) is 1.87. The molecule has 1 aromatic rings. The first kappa shape index (κ1) is 4.58. The van der Waals surface area contributed by atoms with Crippen molar-refractivity contribution in [3.63, 3.8) is 0 Å². The van der Waals surface area contributed by atoms with E-state index in [4.69, 9.17) is 5.73 Å². The molecule has 5 heteroatoms. The number of hydrogen-bond donors (Lipinski definition) is 1. The van der Waals surface area contributed by atoms with Crippen molar-refractivity contribution in [2.24, 2.45) is 0 Å². The van der Waals surface area contributed by atoms with Gasteiger partial charge in [0.05, 0.1) is 4.91 Å². The highest BCUT2D eigenvalue weighted by Gasteiger charge is 1.89. The standard InChI is InChI=1S/C2H4BN3S/c3-1-5-6-2(4)7-1/h3H2,(H2,4,6). The predicted molar refractivity (Wildman–Crippen MR) is 32.5 cm³/mol. The van der Waals surface area contributed by atoms with Gasteiger partial charge in [-0.1, -0.05) is 11.3 Å². The van der Waals surface area contributed by atoms with Crippen molar-refractivity contribution in [1.29, 1.82) is 0 Å². The SMILES string of the molecule is Bc1nnc(N)s1. The van der Waals surface area contributed by atoms with Gasteiger partial charge in [-0.25, -0.2) is 0 Å². The maximum Gasteiger partial charge on any atom is 0.202 e. The van der Waals surface area contributed by atoms with Crippen LogP contribution in [0.3, 0.4) is 0 Å². The summed E-state index contributed by atoms with van der Waals surface area (Å²) in [6, 6.07) is 0. The molecule has 0 aliphatic heterocycles. The van der Waals surface area contributed by atoms with Crippen LogP contribution in [0.4, 0.5) is 5.13 Å². The summed E-state index contributed by atoms with van der Waals surface area (Å²) in [5.74, 6) is 0. The Morgan fingerprint density at radius 3 is 2.43 bits per heavy atom. The molecule has 1 heterocycles. The third-order valence-electron chi connectivity index (χ3n) is 0.542. The number of nitrogens with zero attached hydrogens (tertiary/aromatic N) is 2. The Morgan fingerprint density at radius 2 is 2.29 bits per heavy atom. The van der Waals surface area contributed by atoms with Gasteiger partial charge < -0.3 is 5.73 Å². The third-order valence-corrected chi connectivity index (χ3v) is 1.21. The molecule has 1 rings (SSSR count). The Bertz CT molecular complexity index is 145. The minimum absolute atomic E-state index is 0.539. The fraction of sp³-hybridized carbons (Fsp3) is 0. The Labute approximate surface area is 46.0 Å². The van der Waals surface area contributed by atoms with Crippen LogP contribution in [0.25, 0.3) is 0 Å². The summed E-state index contributed by atoms with van der Waals surface area (Å²) in [5, 5.41) is 7.76. The van der Waals surface area contributed by atoms with E-state index in [1.807, 2.05) is 7.85 Å². The molecule has 0 bridgehead atoms. The van der Waals surface area contributed by atoms with Gasteiger partial charge in [-0.2, -0.15) is 5.10 Å². The lowest BCUT2D eigenvalue weighted by Gasteiger charge is -1.66. The number of hydrogen-bond acceptors (Lipinski definition) is 4. The number of nitrogens with two attached hydrogens (primary N) is 1. The molecule has 0 aliphatic rings. The average molecular weight is 113 g/mol. The van der Waals surface area contributed by atoms with Crippen molar-refractivity contribution < 1.29 is 0 Å². The van der Waals surface area contributed by atoms with Crippen LogP contribution in [0.5, 0.6) is 0 Å². The van der Waals surface area contributed by atoms with Gasteiger partial charge in [0.1, 0.15) is 0 Å². The monoisotopic (exact) mass is 113 g/mol. The van der Waals surface area contributed by atoms with Crippen LogP contribution >= 0.6 is 11.3 Å². The van der Waals surface area contributed by atoms with E-state index < -0.39 is 0 Å². The molecule has 2 N–H and O–H groups in total. The topological polar surface area (TPSA) is 51.8 Å². The van der Waals surface area contributed by atoms with E-state index >= 15 is 0 Å². The van der Waals surface area contributed by atoms with Crippen molar-refractivity contribution in [3.8, 4) is 0 Å². The molecule has 1 aromatic heterocycles. The molecule has 0 radical (unpaired) electrons. The minimum Gasteiger partial charge on any atom is -0.374 e. The molecule has 0 atom stereocenters. The zero-order valence-corrected chi connectivity index (χ0v) is 4.70. The van der Waals surface area contributed by atoms with Gasteiger partial charge in [0.25, 0.3) is 0 Å². The third kappa shape index (κ3) is 0.897. The van der Waals surface area contributed by atoms with Crippen LogP contribution in [0.15, 0.2) is 0 Å². The lowest BCUT2D eigenvalue weighted by molar-refractivity contribution is 1.12. The van der Waals surface area contributed by atoms with Gasteiger partial charge in [0, 0.05) is 0 Å². The molecule has 0 spiro atoms. The smallest absolute Gasteiger partial charge is 0.202 e. The van der Waals surface area contributed by atoms with Crippen LogP contribution < -0.4 is 10.6 Å². The summed E-state index contributed by atoms with van der Waals surface area (Å²) < 4.78 is 0. The zero-order chi connectivity index (χ0) is 5.28. The van der Waals surface area contributed by atoms with Crippen molar-refractivity contribution in [2.75, 3.05) is 5.73 Å². The molecule has 0 unspecified atom stereocenters. The summed E-state index contributed by atoms with van der Waals surface area (Å²) in [6.07, 6.45) is 0. The average Bonchev–Trinajstić information content (AvgIpc) is 1.87. The van der Waals surface area contributed by atoms with Crippen LogP contribution in [-0.4, -0.2) is 18.0 Å². The molecule has 0 saturated carbocycles. The first-order chi connectivity index (χ1) is 3.29. The Hall–Kier alpha value is -0.575. The maximum atomic E-state index is 5.22. The highest BCUT2D eigenvalue weighted by atomic mass is 32.1. The highest BCUT2D eigenvalue weighted by Crippen LogP contribution is 1.95. The van der Waals surface area contributed by atoms with Crippen LogP contribution in [0, 0.1) is 0 Å². The number of rotatable bonds is 0. The van der Waals surface area contributed by atoms with E-state index in [0.29, 0.717) is 5.13 Å². The quantitative estimate of drug-likeness (QED) is 0.411. The fourth-order valence-electron chi connectivity index (χ4n) is 0.312. The Kier molecular flexibility index (Phi) is 0.979. The van der Waals surface area contributed by atoms with Gasteiger partial charge in [-0.3, -0.25) is 0 Å². The molecular weight excluding hydrogens is 109 g/mol. The van der Waals surface area contributed by atoms with Gasteiger partial charge >= 0.3 is 0 Å². The van der Waals surface area contributed by atoms with E-state index in [1.165, 1.54) is 11.3 Å². The molecule has 0 fully saturated rings. The van der Waals surface area contributed by atoms with Crippen molar-refractivity contribution >= 4 is 29.2 Å². The summed E-state index contributed by atoms with van der Waals surface area (Å²) in [5.41, 5.74) is 5.22. The van der Waals surface area contributed by atoms with E-state index in [-0.39, 0.29) is 0 Å². The molecule has 7 heavy (non-hydrogen) atoms. The number of aromatic nitrogens is 2. The molecule has 36 valence electrons. The summed E-state index contributed by atoms with van der Waals surface area (Å²) >= 11 is 1.40. The van der Waals surface area contributed by atoms with E-state index in [2.05, 4.69) is 10.2 Å². The van der Waals surface area contributed by atoms with Crippen molar-refractivity contribution in [2.45, 2.75) is 0 Å². The van der Waals surface area contributed by atoms with Gasteiger partial charge in [-0.15, -0.1) is 5.10 Å². The van der Waals surface area contributed by atoms with Crippen LogP contribution in [0.2, 0.25) is 0 Å². The molecular formula is C2H4BN3S. The Balaban J connectivity index is 3.04. The van der Waals surface area contributed by atoms with E-state index in [0.717, 1.165) is 4.91 Å². The van der Waals surface area contributed by atoms with Crippen molar-refractivity contribution in [3.05, 3.63) is 0 Å². The number of nitrogen functional groups attached to an aromatic ring is 1. The second kappa shape index (κ2) is 1.50. The Morgan fingerprint density at radius 1 is 1.57 bits per heavy atom. The minimum atomic E-state index is 0.539. The first-order valence-electron chi connectivity index (χ1n) is 1.84. The highest BCUT2D eigenvalue weighted by molar-refractivity contribution is 7.22. The maximum absolute atomic E-state index is 5.22. The lowest BCUT2D eigenvalue weighted by Crippen LogP contribution is -1.97. The van der Waals surface area contributed by atoms with Crippen LogP contribution in [-0.2, 0) is 0 Å². The van der Waals surface area contributed by atoms with E-state index in [1.54, 1.807) is 0 Å². The summed E-state index contributed by atoms with van der Waals surface area (Å²) in [4.78, 5) is 0.914. The van der Waals surface area contributed by atoms with Gasteiger partial charge in [0.2, 0.25) is 5.13 Å².